The van der Waals surface area contributed by atoms with Gasteiger partial charge in [-0.2, -0.15) is 0 Å². The number of carbonyl (C=O) groups excluding carboxylic acids is 1. The lowest BCUT2D eigenvalue weighted by Crippen LogP contribution is -2.46. The van der Waals surface area contributed by atoms with E-state index >= 15 is 0 Å². The fourth-order valence-electron chi connectivity index (χ4n) is 3.36. The summed E-state index contributed by atoms with van der Waals surface area (Å²) in [5.41, 5.74) is 0.0638. The molecule has 1 aliphatic carbocycles. The maximum absolute atomic E-state index is 12.4. The fourth-order valence-corrected chi connectivity index (χ4v) is 3.36. The minimum absolute atomic E-state index is 0. The molecule has 6 nitrogen and oxygen atoms in total. The van der Waals surface area contributed by atoms with Crippen LogP contribution in [0.25, 0.3) is 11.0 Å². The van der Waals surface area contributed by atoms with Gasteiger partial charge in [0.05, 0.1) is 0 Å². The molecule has 2 fully saturated rings. The summed E-state index contributed by atoms with van der Waals surface area (Å²) >= 11 is 0. The van der Waals surface area contributed by atoms with Gasteiger partial charge in [0.15, 0.2) is 6.61 Å². The van der Waals surface area contributed by atoms with E-state index in [-0.39, 0.29) is 24.9 Å². The zero-order chi connectivity index (χ0) is 17.9. The van der Waals surface area contributed by atoms with Gasteiger partial charge in [0.25, 0.3) is 5.91 Å². The quantitative estimate of drug-likeness (QED) is 0.765. The molecule has 1 aromatic carbocycles. The van der Waals surface area contributed by atoms with Crippen LogP contribution in [0.15, 0.2) is 39.5 Å². The molecule has 1 aliphatic heterocycles. The van der Waals surface area contributed by atoms with Crippen molar-refractivity contribution in [1.82, 2.24) is 10.2 Å². The third kappa shape index (κ3) is 5.23. The van der Waals surface area contributed by atoms with Crippen LogP contribution >= 0.6 is 12.4 Å². The van der Waals surface area contributed by atoms with Crippen molar-refractivity contribution in [3.8, 4) is 5.75 Å². The zero-order valence-corrected chi connectivity index (χ0v) is 16.0. The van der Waals surface area contributed by atoms with E-state index in [4.69, 9.17) is 9.15 Å². The predicted molar refractivity (Wildman–Crippen MR) is 106 cm³/mol. The van der Waals surface area contributed by atoms with Crippen molar-refractivity contribution < 1.29 is 13.9 Å². The van der Waals surface area contributed by atoms with Crippen LogP contribution in [0.3, 0.4) is 0 Å². The van der Waals surface area contributed by atoms with Gasteiger partial charge in [-0.1, -0.05) is 0 Å². The largest absolute Gasteiger partial charge is 0.484 e. The molecule has 1 aromatic heterocycles. The standard InChI is InChI=1S/C20H24N2O4.ClH/c23-19(22-9-7-16(8-10-22)21-12-14-1-2-14)13-25-17-5-3-15-4-6-20(24)26-18(15)11-17;/h3-6,11,14,16,21H,1-2,7-10,12-13H2;1H. The molecular formula is C20H25ClN2O4. The Kier molecular flexibility index (Phi) is 6.39. The Hall–Kier alpha value is -2.05. The number of rotatable bonds is 6. The fraction of sp³-hybridized carbons (Fsp3) is 0.500. The second kappa shape index (κ2) is 8.76. The van der Waals surface area contributed by atoms with Crippen molar-refractivity contribution >= 4 is 29.3 Å². The highest BCUT2D eigenvalue weighted by Gasteiger charge is 2.26. The number of amides is 1. The van der Waals surface area contributed by atoms with Crippen LogP contribution in [0.4, 0.5) is 0 Å². The van der Waals surface area contributed by atoms with Crippen molar-refractivity contribution in [2.75, 3.05) is 26.2 Å². The molecule has 146 valence electrons. The zero-order valence-electron chi connectivity index (χ0n) is 15.2. The number of nitrogens with zero attached hydrogens (tertiary/aromatic N) is 1. The maximum Gasteiger partial charge on any atom is 0.336 e. The van der Waals surface area contributed by atoms with Crippen LogP contribution < -0.4 is 15.7 Å². The van der Waals surface area contributed by atoms with E-state index in [1.807, 2.05) is 11.0 Å². The minimum atomic E-state index is -0.399. The molecule has 0 unspecified atom stereocenters. The van der Waals surface area contributed by atoms with Gasteiger partial charge in [-0.05, 0) is 56.3 Å². The topological polar surface area (TPSA) is 71.8 Å². The maximum atomic E-state index is 12.4. The summed E-state index contributed by atoms with van der Waals surface area (Å²) in [5.74, 6) is 1.41. The van der Waals surface area contributed by atoms with E-state index in [1.165, 1.54) is 18.9 Å². The number of piperidine rings is 1. The van der Waals surface area contributed by atoms with Crippen molar-refractivity contribution in [3.05, 3.63) is 40.8 Å². The van der Waals surface area contributed by atoms with Crippen molar-refractivity contribution in [2.24, 2.45) is 5.92 Å². The van der Waals surface area contributed by atoms with E-state index in [0.29, 0.717) is 17.4 Å². The number of nitrogens with one attached hydrogen (secondary N) is 1. The molecule has 0 atom stereocenters. The number of ether oxygens (including phenoxy) is 1. The van der Waals surface area contributed by atoms with Crippen LogP contribution in [-0.4, -0.2) is 43.1 Å². The Morgan fingerprint density at radius 3 is 2.63 bits per heavy atom. The first-order valence-electron chi connectivity index (χ1n) is 9.35. The number of likely N-dealkylation sites (tertiary alicyclic amines) is 1. The van der Waals surface area contributed by atoms with E-state index < -0.39 is 5.63 Å². The molecule has 0 radical (unpaired) electrons. The molecule has 1 amide bonds. The molecule has 0 spiro atoms. The third-order valence-corrected chi connectivity index (χ3v) is 5.20. The van der Waals surface area contributed by atoms with Gasteiger partial charge in [0, 0.05) is 36.7 Å². The summed E-state index contributed by atoms with van der Waals surface area (Å²) in [6.45, 7) is 2.68. The van der Waals surface area contributed by atoms with Crippen LogP contribution in [0.2, 0.25) is 0 Å². The van der Waals surface area contributed by atoms with Gasteiger partial charge >= 0.3 is 5.63 Å². The highest BCUT2D eigenvalue weighted by atomic mass is 35.5. The van der Waals surface area contributed by atoms with E-state index in [2.05, 4.69) is 5.32 Å². The summed E-state index contributed by atoms with van der Waals surface area (Å²) < 4.78 is 10.8. The first-order valence-corrected chi connectivity index (χ1v) is 9.35. The minimum Gasteiger partial charge on any atom is -0.484 e. The highest BCUT2D eigenvalue weighted by Crippen LogP contribution is 2.28. The number of carbonyl (C=O) groups is 1. The van der Waals surface area contributed by atoms with Crippen molar-refractivity contribution in [1.29, 1.82) is 0 Å². The van der Waals surface area contributed by atoms with Gasteiger partial charge in [-0.3, -0.25) is 4.79 Å². The van der Waals surface area contributed by atoms with Crippen LogP contribution in [0.1, 0.15) is 25.7 Å². The summed E-state index contributed by atoms with van der Waals surface area (Å²) in [6.07, 6.45) is 4.72. The lowest BCUT2D eigenvalue weighted by molar-refractivity contribution is -0.134. The summed E-state index contributed by atoms with van der Waals surface area (Å²) in [4.78, 5) is 25.6. The summed E-state index contributed by atoms with van der Waals surface area (Å²) in [5, 5.41) is 4.44. The van der Waals surface area contributed by atoms with Gasteiger partial charge in [0.1, 0.15) is 11.3 Å². The normalized spacial score (nSPS) is 17.6. The Balaban J connectivity index is 0.00000210. The number of hydrogen-bond acceptors (Lipinski definition) is 5. The Morgan fingerprint density at radius 1 is 1.15 bits per heavy atom. The van der Waals surface area contributed by atoms with Gasteiger partial charge in [-0.25, -0.2) is 4.79 Å². The lowest BCUT2D eigenvalue weighted by Gasteiger charge is -2.32. The SMILES string of the molecule is Cl.O=C(COc1ccc2ccc(=O)oc2c1)N1CCC(NCC2CC2)CC1. The number of fused-ring (bicyclic) bond motifs is 1. The molecule has 2 aliphatic rings. The highest BCUT2D eigenvalue weighted by molar-refractivity contribution is 5.85. The van der Waals surface area contributed by atoms with E-state index in [9.17, 15) is 9.59 Å². The number of halogens is 1. The molecule has 2 aromatic rings. The van der Waals surface area contributed by atoms with E-state index in [1.54, 1.807) is 18.2 Å². The second-order valence-corrected chi connectivity index (χ2v) is 7.25. The van der Waals surface area contributed by atoms with Gasteiger partial charge in [-0.15, -0.1) is 12.4 Å². The Morgan fingerprint density at radius 2 is 1.89 bits per heavy atom. The average molecular weight is 393 g/mol. The lowest BCUT2D eigenvalue weighted by atomic mass is 10.0. The van der Waals surface area contributed by atoms with Crippen LogP contribution in [-0.2, 0) is 4.79 Å². The summed E-state index contributed by atoms with van der Waals surface area (Å²) in [7, 11) is 0. The Labute approximate surface area is 164 Å². The molecule has 1 N–H and O–H groups in total. The molecule has 1 saturated heterocycles. The average Bonchev–Trinajstić information content (AvgIpc) is 3.49. The van der Waals surface area contributed by atoms with Gasteiger partial charge in [0.2, 0.25) is 0 Å². The monoisotopic (exact) mass is 392 g/mol. The molecule has 4 rings (SSSR count). The number of benzene rings is 1. The van der Waals surface area contributed by atoms with Gasteiger partial charge < -0.3 is 19.4 Å². The molecular weight excluding hydrogens is 368 g/mol. The second-order valence-electron chi connectivity index (χ2n) is 7.25. The first kappa shape index (κ1) is 19.7. The first-order chi connectivity index (χ1) is 12.7. The number of hydrogen-bond donors (Lipinski definition) is 1. The van der Waals surface area contributed by atoms with Crippen LogP contribution in [0.5, 0.6) is 5.75 Å². The van der Waals surface area contributed by atoms with E-state index in [0.717, 1.165) is 43.8 Å². The van der Waals surface area contributed by atoms with Crippen molar-refractivity contribution in [2.45, 2.75) is 31.7 Å². The molecule has 1 saturated carbocycles. The molecule has 7 heteroatoms. The molecule has 2 heterocycles. The molecule has 0 bridgehead atoms. The molecule has 27 heavy (non-hydrogen) atoms. The van der Waals surface area contributed by atoms with Crippen molar-refractivity contribution in [3.63, 3.8) is 0 Å². The third-order valence-electron chi connectivity index (χ3n) is 5.20. The summed E-state index contributed by atoms with van der Waals surface area (Å²) in [6, 6.07) is 8.87. The Bertz CT molecular complexity index is 841. The smallest absolute Gasteiger partial charge is 0.336 e. The predicted octanol–water partition coefficient (Wildman–Crippen LogP) is 2.58. The van der Waals surface area contributed by atoms with Crippen LogP contribution in [0, 0.1) is 5.92 Å².